The Kier molecular flexibility index (Phi) is 7.89. The first-order valence-corrected chi connectivity index (χ1v) is 15.1. The van der Waals surface area contributed by atoms with Crippen LogP contribution in [0.15, 0.2) is 46.9 Å². The molecule has 0 bridgehead atoms. The average Bonchev–Trinajstić information content (AvgIpc) is 2.75. The van der Waals surface area contributed by atoms with Crippen LogP contribution in [0.3, 0.4) is 0 Å². The predicted octanol–water partition coefficient (Wildman–Crippen LogP) is 3.61. The van der Waals surface area contributed by atoms with Gasteiger partial charge in [0.05, 0.1) is 0 Å². The molecule has 0 radical (unpaired) electrons. The molecule has 0 aromatic heterocycles. The topological polar surface area (TPSA) is 90.9 Å². The smallest absolute Gasteiger partial charge is 0.266 e. The highest BCUT2D eigenvalue weighted by Gasteiger charge is 2.53. The second-order valence-electron chi connectivity index (χ2n) is 9.21. The third-order valence-corrected chi connectivity index (χ3v) is 7.68. The summed E-state index contributed by atoms with van der Waals surface area (Å²) in [5, 5.41) is 14.4. The fourth-order valence-corrected chi connectivity index (χ4v) is 4.53. The number of rotatable bonds is 11. The maximum Gasteiger partial charge on any atom is 0.266 e. The number of carbonyl (C=O) groups excluding carboxylic acids is 2. The summed E-state index contributed by atoms with van der Waals surface area (Å²) >= 11 is 3.44. The second-order valence-corrected chi connectivity index (χ2v) is 15.7. The molecule has 9 heteroatoms. The van der Waals surface area contributed by atoms with E-state index in [0.717, 1.165) is 21.6 Å². The summed E-state index contributed by atoms with van der Waals surface area (Å²) in [6.45, 7) is 8.43. The Balaban J connectivity index is 1.67. The van der Waals surface area contributed by atoms with E-state index in [9.17, 15) is 14.7 Å². The van der Waals surface area contributed by atoms with E-state index < -0.39 is 13.6 Å². The van der Waals surface area contributed by atoms with Crippen molar-refractivity contribution in [3.8, 4) is 5.75 Å². The van der Waals surface area contributed by atoms with Gasteiger partial charge in [0, 0.05) is 37.8 Å². The fourth-order valence-electron chi connectivity index (χ4n) is 3.51. The molecular weight excluding hydrogens is 490 g/mol. The summed E-state index contributed by atoms with van der Waals surface area (Å²) in [6.07, 6.45) is 0.716. The molecule has 1 aliphatic rings. The summed E-state index contributed by atoms with van der Waals surface area (Å²) in [5.41, 5.74) is 4.38. The second kappa shape index (κ2) is 10.3. The molecule has 3 rings (SSSR count). The third-order valence-electron chi connectivity index (χ3n) is 5.45. The summed E-state index contributed by atoms with van der Waals surface area (Å²) in [6, 6.07) is 13.4. The molecule has 172 valence electrons. The number of hydrogen-bond donors (Lipinski definition) is 3. The van der Waals surface area contributed by atoms with Crippen LogP contribution in [0.4, 0.5) is 0 Å². The van der Waals surface area contributed by atoms with Crippen LogP contribution in [0.25, 0.3) is 0 Å². The van der Waals surface area contributed by atoms with E-state index in [-0.39, 0.29) is 18.4 Å². The Morgan fingerprint density at radius 1 is 1.22 bits per heavy atom. The molecule has 2 aromatic rings. The Morgan fingerprint density at radius 3 is 2.56 bits per heavy atom. The fraction of sp³-hybridized carbons (Fsp3) is 0.391. The molecule has 1 unspecified atom stereocenters. The van der Waals surface area contributed by atoms with E-state index in [1.54, 1.807) is 12.1 Å². The Morgan fingerprint density at radius 2 is 1.94 bits per heavy atom. The van der Waals surface area contributed by atoms with Crippen LogP contribution in [0, 0.1) is 0 Å². The predicted molar refractivity (Wildman–Crippen MR) is 130 cm³/mol. The minimum atomic E-state index is -1.19. The van der Waals surface area contributed by atoms with Crippen LogP contribution in [-0.4, -0.2) is 50.3 Å². The molecule has 1 aliphatic heterocycles. The number of amides is 1. The number of benzene rings is 2. The normalized spacial score (nSPS) is 18.5. The summed E-state index contributed by atoms with van der Waals surface area (Å²) in [5.74, 6) is -0.0237. The molecule has 1 heterocycles. The van der Waals surface area contributed by atoms with Crippen LogP contribution in [0.5, 0.6) is 5.75 Å². The number of carbonyl (C=O) groups is 2. The van der Waals surface area contributed by atoms with Crippen molar-refractivity contribution in [3.63, 3.8) is 0 Å². The number of phenols is 1. The van der Waals surface area contributed by atoms with E-state index in [1.807, 2.05) is 24.3 Å². The SMILES string of the molecule is C[Si](C)(C)CCOCN1NC(CNCc2ccc(O)cc2C=O)(c2ccc(Br)cc2)C1=O. The zero-order valence-corrected chi connectivity index (χ0v) is 21.2. The number of ether oxygens (including phenoxy) is 1. The maximum absolute atomic E-state index is 13.2. The van der Waals surface area contributed by atoms with Crippen molar-refractivity contribution in [2.45, 2.75) is 37.8 Å². The van der Waals surface area contributed by atoms with E-state index >= 15 is 0 Å². The van der Waals surface area contributed by atoms with Crippen molar-refractivity contribution in [1.29, 1.82) is 0 Å². The third kappa shape index (κ3) is 5.84. The first kappa shape index (κ1) is 24.6. The van der Waals surface area contributed by atoms with Gasteiger partial charge in [-0.2, -0.15) is 0 Å². The van der Waals surface area contributed by atoms with Gasteiger partial charge in [-0.25, -0.2) is 10.4 Å². The summed E-state index contributed by atoms with van der Waals surface area (Å²) in [7, 11) is -1.19. The molecule has 1 atom stereocenters. The zero-order valence-electron chi connectivity index (χ0n) is 18.7. The van der Waals surface area contributed by atoms with Gasteiger partial charge < -0.3 is 15.2 Å². The van der Waals surface area contributed by atoms with Crippen LogP contribution in [0.1, 0.15) is 21.5 Å². The molecular formula is C23H30BrN3O4Si. The lowest BCUT2D eigenvalue weighted by molar-refractivity contribution is -0.177. The molecule has 2 aromatic carbocycles. The zero-order chi connectivity index (χ0) is 23.4. The van der Waals surface area contributed by atoms with Gasteiger partial charge in [-0.15, -0.1) is 0 Å². The summed E-state index contributed by atoms with van der Waals surface area (Å²) < 4.78 is 6.67. The highest BCUT2D eigenvalue weighted by molar-refractivity contribution is 9.10. The number of nitrogens with zero attached hydrogens (tertiary/aromatic N) is 1. The van der Waals surface area contributed by atoms with Gasteiger partial charge in [0.1, 0.15) is 12.5 Å². The van der Waals surface area contributed by atoms with Crippen molar-refractivity contribution >= 4 is 36.2 Å². The molecule has 7 nitrogen and oxygen atoms in total. The molecule has 1 amide bonds. The van der Waals surface area contributed by atoms with E-state index in [1.165, 1.54) is 11.1 Å². The number of nitrogens with one attached hydrogen (secondary N) is 2. The minimum Gasteiger partial charge on any atom is -0.508 e. The number of hydrogen-bond acceptors (Lipinski definition) is 6. The average molecular weight is 521 g/mol. The lowest BCUT2D eigenvalue weighted by Gasteiger charge is -2.49. The number of aromatic hydroxyl groups is 1. The Labute approximate surface area is 198 Å². The van der Waals surface area contributed by atoms with E-state index in [0.29, 0.717) is 31.5 Å². The summed E-state index contributed by atoms with van der Waals surface area (Å²) in [4.78, 5) is 24.5. The number of halogens is 1. The number of aldehydes is 1. The molecule has 32 heavy (non-hydrogen) atoms. The van der Waals surface area contributed by atoms with Gasteiger partial charge in [0.15, 0.2) is 11.8 Å². The van der Waals surface area contributed by atoms with Crippen molar-refractivity contribution in [2.24, 2.45) is 0 Å². The Hall–Kier alpha value is -2.04. The van der Waals surface area contributed by atoms with Gasteiger partial charge >= 0.3 is 0 Å². The van der Waals surface area contributed by atoms with Gasteiger partial charge in [0.25, 0.3) is 5.91 Å². The number of hydrazine groups is 1. The van der Waals surface area contributed by atoms with Crippen LogP contribution in [-0.2, 0) is 21.6 Å². The van der Waals surface area contributed by atoms with Gasteiger partial charge in [0.2, 0.25) is 0 Å². The minimum absolute atomic E-state index is 0.0442. The van der Waals surface area contributed by atoms with Gasteiger partial charge in [-0.1, -0.05) is 53.8 Å². The quantitative estimate of drug-likeness (QED) is 0.238. The highest BCUT2D eigenvalue weighted by atomic mass is 79.9. The van der Waals surface area contributed by atoms with Crippen molar-refractivity contribution in [1.82, 2.24) is 15.8 Å². The first-order chi connectivity index (χ1) is 15.1. The van der Waals surface area contributed by atoms with E-state index in [2.05, 4.69) is 46.3 Å². The molecule has 1 fully saturated rings. The Bertz CT molecular complexity index is 965. The molecule has 3 N–H and O–H groups in total. The molecule has 0 spiro atoms. The van der Waals surface area contributed by atoms with Crippen LogP contribution >= 0.6 is 15.9 Å². The standard InChI is InChI=1S/C23H30BrN3O4Si/c1-32(2,3)11-10-31-16-27-22(30)23(26-27,19-5-7-20(24)8-6-19)15-25-13-17-4-9-21(29)12-18(17)14-28/h4-9,12,14,25-26,29H,10-11,13,15-16H2,1-3H3. The molecule has 0 saturated carbocycles. The first-order valence-electron chi connectivity index (χ1n) is 10.6. The van der Waals surface area contributed by atoms with E-state index in [4.69, 9.17) is 4.74 Å². The van der Waals surface area contributed by atoms with Crippen molar-refractivity contribution in [3.05, 3.63) is 63.6 Å². The van der Waals surface area contributed by atoms with Gasteiger partial charge in [-0.05, 0) is 41.4 Å². The monoisotopic (exact) mass is 519 g/mol. The maximum atomic E-state index is 13.2. The lowest BCUT2D eigenvalue weighted by atomic mass is 9.85. The lowest BCUT2D eigenvalue weighted by Crippen LogP contribution is -2.76. The van der Waals surface area contributed by atoms with Crippen LogP contribution < -0.4 is 10.7 Å². The molecule has 1 saturated heterocycles. The van der Waals surface area contributed by atoms with Crippen molar-refractivity contribution < 1.29 is 19.4 Å². The van der Waals surface area contributed by atoms with Crippen LogP contribution in [0.2, 0.25) is 25.7 Å². The van der Waals surface area contributed by atoms with Gasteiger partial charge in [-0.3, -0.25) is 9.59 Å². The largest absolute Gasteiger partial charge is 0.508 e. The number of phenolic OH excluding ortho intramolecular Hbond substituents is 1. The van der Waals surface area contributed by atoms with Crippen molar-refractivity contribution in [2.75, 3.05) is 19.9 Å². The highest BCUT2D eigenvalue weighted by Crippen LogP contribution is 2.32. The molecule has 0 aliphatic carbocycles.